The van der Waals surface area contributed by atoms with Crippen molar-refractivity contribution in [3.8, 4) is 0 Å². The van der Waals surface area contributed by atoms with Crippen LogP contribution in [0, 0.1) is 11.8 Å². The molecule has 3 unspecified atom stereocenters. The molecule has 1 aliphatic rings. The Morgan fingerprint density at radius 1 is 1.26 bits per heavy atom. The van der Waals surface area contributed by atoms with E-state index in [0.29, 0.717) is 5.92 Å². The third-order valence-electron chi connectivity index (χ3n) is 3.99. The van der Waals surface area contributed by atoms with Crippen molar-refractivity contribution in [1.82, 2.24) is 5.43 Å². The first-order valence-electron chi connectivity index (χ1n) is 6.55. The molecular weight excluding hydrogens is 253 g/mol. The van der Waals surface area contributed by atoms with Crippen LogP contribution in [0.1, 0.15) is 43.4 Å². The third kappa shape index (κ3) is 3.09. The van der Waals surface area contributed by atoms with E-state index in [1.54, 1.807) is 6.07 Å². The Balaban J connectivity index is 2.33. The minimum atomic E-state index is -4.34. The zero-order valence-electron chi connectivity index (χ0n) is 10.9. The fourth-order valence-corrected chi connectivity index (χ4v) is 3.06. The summed E-state index contributed by atoms with van der Waals surface area (Å²) in [4.78, 5) is 0. The van der Waals surface area contributed by atoms with E-state index >= 15 is 0 Å². The van der Waals surface area contributed by atoms with Gasteiger partial charge in [-0.25, -0.2) is 0 Å². The van der Waals surface area contributed by atoms with E-state index in [1.165, 1.54) is 12.1 Å². The maximum absolute atomic E-state index is 13.0. The number of alkyl halides is 3. The normalized spacial score (nSPS) is 25.5. The molecule has 3 atom stereocenters. The number of hydrogen-bond donors (Lipinski definition) is 2. The van der Waals surface area contributed by atoms with Gasteiger partial charge in [0.1, 0.15) is 0 Å². The molecule has 2 rings (SSSR count). The predicted molar refractivity (Wildman–Crippen MR) is 68.0 cm³/mol. The van der Waals surface area contributed by atoms with Crippen LogP contribution < -0.4 is 11.3 Å². The second-order valence-corrected chi connectivity index (χ2v) is 5.41. The molecule has 19 heavy (non-hydrogen) atoms. The molecule has 3 N–H and O–H groups in total. The lowest BCUT2D eigenvalue weighted by Crippen LogP contribution is -2.34. The van der Waals surface area contributed by atoms with Gasteiger partial charge in [0.2, 0.25) is 0 Å². The molecule has 1 fully saturated rings. The van der Waals surface area contributed by atoms with Crippen molar-refractivity contribution in [3.63, 3.8) is 0 Å². The Hall–Kier alpha value is -1.07. The lowest BCUT2D eigenvalue weighted by atomic mass is 9.88. The quantitative estimate of drug-likeness (QED) is 0.651. The second-order valence-electron chi connectivity index (χ2n) is 5.41. The number of benzene rings is 1. The van der Waals surface area contributed by atoms with Gasteiger partial charge in [0.15, 0.2) is 0 Å². The molecule has 0 spiro atoms. The minimum Gasteiger partial charge on any atom is -0.271 e. The second kappa shape index (κ2) is 5.51. The Labute approximate surface area is 111 Å². The van der Waals surface area contributed by atoms with Gasteiger partial charge in [-0.1, -0.05) is 31.5 Å². The highest BCUT2D eigenvalue weighted by molar-refractivity contribution is 5.33. The molecule has 0 aromatic heterocycles. The first-order chi connectivity index (χ1) is 8.93. The summed E-state index contributed by atoms with van der Waals surface area (Å²) in [6.07, 6.45) is -1.45. The van der Waals surface area contributed by atoms with E-state index in [-0.39, 0.29) is 11.5 Å². The average molecular weight is 272 g/mol. The molecule has 0 aliphatic heterocycles. The van der Waals surface area contributed by atoms with Crippen LogP contribution in [0.3, 0.4) is 0 Å². The molecule has 5 heteroatoms. The lowest BCUT2D eigenvalue weighted by molar-refractivity contribution is -0.138. The van der Waals surface area contributed by atoms with Gasteiger partial charge in [0, 0.05) is 6.04 Å². The molecule has 2 nitrogen and oxygen atoms in total. The summed E-state index contributed by atoms with van der Waals surface area (Å²) < 4.78 is 39.1. The average Bonchev–Trinajstić information content (AvgIpc) is 2.76. The van der Waals surface area contributed by atoms with Crippen LogP contribution in [0.5, 0.6) is 0 Å². The molecule has 0 amide bonds. The van der Waals surface area contributed by atoms with Crippen molar-refractivity contribution in [1.29, 1.82) is 0 Å². The molecule has 0 radical (unpaired) electrons. The fourth-order valence-electron chi connectivity index (χ4n) is 3.06. The summed E-state index contributed by atoms with van der Waals surface area (Å²) in [5.41, 5.74) is 2.27. The van der Waals surface area contributed by atoms with Crippen molar-refractivity contribution in [2.24, 2.45) is 17.7 Å². The van der Waals surface area contributed by atoms with Gasteiger partial charge < -0.3 is 0 Å². The smallest absolute Gasteiger partial charge is 0.271 e. The summed E-state index contributed by atoms with van der Waals surface area (Å²) in [5.74, 6) is 6.25. The van der Waals surface area contributed by atoms with E-state index in [9.17, 15) is 13.2 Å². The van der Waals surface area contributed by atoms with Crippen LogP contribution in [-0.4, -0.2) is 0 Å². The molecule has 1 aromatic carbocycles. The third-order valence-corrected chi connectivity index (χ3v) is 3.99. The van der Waals surface area contributed by atoms with Crippen LogP contribution >= 0.6 is 0 Å². The summed E-state index contributed by atoms with van der Waals surface area (Å²) >= 11 is 0. The first kappa shape index (κ1) is 14.3. The molecular formula is C14H19F3N2. The van der Waals surface area contributed by atoms with Crippen LogP contribution in [0.4, 0.5) is 13.2 Å². The molecule has 1 aliphatic carbocycles. The molecule has 0 bridgehead atoms. The summed E-state index contributed by atoms with van der Waals surface area (Å²) in [6.45, 7) is 2.13. The lowest BCUT2D eigenvalue weighted by Gasteiger charge is -2.26. The first-order valence-corrected chi connectivity index (χ1v) is 6.55. The van der Waals surface area contributed by atoms with Gasteiger partial charge in [0.05, 0.1) is 5.56 Å². The van der Waals surface area contributed by atoms with Gasteiger partial charge in [-0.05, 0) is 36.3 Å². The van der Waals surface area contributed by atoms with Gasteiger partial charge >= 0.3 is 6.18 Å². The molecule has 1 aromatic rings. The summed E-state index contributed by atoms with van der Waals surface area (Å²) in [5, 5.41) is 0. The maximum atomic E-state index is 13.0. The largest absolute Gasteiger partial charge is 0.416 e. The van der Waals surface area contributed by atoms with Crippen molar-refractivity contribution >= 4 is 0 Å². The Bertz CT molecular complexity index is 431. The predicted octanol–water partition coefficient (Wildman–Crippen LogP) is 3.65. The SMILES string of the molecule is CC1CCC(C(NN)c2ccccc2C(F)(F)F)C1. The van der Waals surface area contributed by atoms with Gasteiger partial charge in [-0.3, -0.25) is 11.3 Å². The van der Waals surface area contributed by atoms with Crippen LogP contribution in [0.2, 0.25) is 0 Å². The van der Waals surface area contributed by atoms with Crippen molar-refractivity contribution in [2.45, 2.75) is 38.4 Å². The fraction of sp³-hybridized carbons (Fsp3) is 0.571. The molecule has 1 saturated carbocycles. The number of halogens is 3. The van der Waals surface area contributed by atoms with E-state index in [4.69, 9.17) is 5.84 Å². The standard InChI is InChI=1S/C14H19F3N2/c1-9-6-7-10(8-9)13(19-18)11-4-2-3-5-12(11)14(15,16)17/h2-5,9-10,13,19H,6-8,18H2,1H3. The Morgan fingerprint density at radius 2 is 1.95 bits per heavy atom. The monoisotopic (exact) mass is 272 g/mol. The van der Waals surface area contributed by atoms with Gasteiger partial charge in [-0.2, -0.15) is 13.2 Å². The zero-order valence-corrected chi connectivity index (χ0v) is 10.9. The number of nitrogens with one attached hydrogen (secondary N) is 1. The van der Waals surface area contributed by atoms with Crippen LogP contribution in [0.15, 0.2) is 24.3 Å². The highest BCUT2D eigenvalue weighted by Gasteiger charge is 2.37. The molecule has 0 heterocycles. The molecule has 106 valence electrons. The van der Waals surface area contributed by atoms with Crippen LogP contribution in [-0.2, 0) is 6.18 Å². The van der Waals surface area contributed by atoms with Crippen molar-refractivity contribution < 1.29 is 13.2 Å². The minimum absolute atomic E-state index is 0.170. The van der Waals surface area contributed by atoms with E-state index in [2.05, 4.69) is 12.3 Å². The van der Waals surface area contributed by atoms with E-state index in [1.807, 2.05) is 0 Å². The number of nitrogens with two attached hydrogens (primary N) is 1. The van der Waals surface area contributed by atoms with Gasteiger partial charge in [-0.15, -0.1) is 0 Å². The molecule has 0 saturated heterocycles. The maximum Gasteiger partial charge on any atom is 0.416 e. The number of hydrogen-bond acceptors (Lipinski definition) is 2. The van der Waals surface area contributed by atoms with Crippen LogP contribution in [0.25, 0.3) is 0 Å². The zero-order chi connectivity index (χ0) is 14.0. The highest BCUT2D eigenvalue weighted by Crippen LogP contribution is 2.42. The van der Waals surface area contributed by atoms with Crippen molar-refractivity contribution in [3.05, 3.63) is 35.4 Å². The van der Waals surface area contributed by atoms with E-state index in [0.717, 1.165) is 25.3 Å². The topological polar surface area (TPSA) is 38.0 Å². The summed E-state index contributed by atoms with van der Waals surface area (Å²) in [7, 11) is 0. The Kier molecular flexibility index (Phi) is 4.16. The van der Waals surface area contributed by atoms with Gasteiger partial charge in [0.25, 0.3) is 0 Å². The van der Waals surface area contributed by atoms with Crippen molar-refractivity contribution in [2.75, 3.05) is 0 Å². The number of rotatable bonds is 3. The van der Waals surface area contributed by atoms with E-state index < -0.39 is 17.8 Å². The Morgan fingerprint density at radius 3 is 2.47 bits per heavy atom. The summed E-state index contributed by atoms with van der Waals surface area (Å²) in [6, 6.07) is 5.27. The number of hydrazine groups is 1. The highest BCUT2D eigenvalue weighted by atomic mass is 19.4.